The average molecular weight is 427 g/mol. The lowest BCUT2D eigenvalue weighted by atomic mass is 10.0. The molecule has 9 heteroatoms. The van der Waals surface area contributed by atoms with Crippen LogP contribution in [-0.2, 0) is 9.53 Å². The first-order valence-corrected chi connectivity index (χ1v) is 10.1. The molecular formula is C22H25N3O6. The molecule has 1 saturated carbocycles. The standard InChI is InChI=1S/C22H25N3O6/c1-3-31-21(26)13-19(14-5-4-6-17(11-14)30-2)24-22(27)15-7-10-18(23-16-8-9-16)20(12-15)25(28)29/h4-7,10-12,16,19,23H,3,8-9,13H2,1-2H3,(H,24,27). The Morgan fingerprint density at radius 2 is 2.00 bits per heavy atom. The lowest BCUT2D eigenvalue weighted by molar-refractivity contribution is -0.384. The minimum atomic E-state index is -0.690. The van der Waals surface area contributed by atoms with Crippen molar-refractivity contribution in [2.75, 3.05) is 19.0 Å². The van der Waals surface area contributed by atoms with Crippen LogP contribution in [0.5, 0.6) is 5.75 Å². The van der Waals surface area contributed by atoms with Crippen LogP contribution in [0.4, 0.5) is 11.4 Å². The van der Waals surface area contributed by atoms with Gasteiger partial charge in [0, 0.05) is 17.7 Å². The number of hydrogen-bond acceptors (Lipinski definition) is 7. The van der Waals surface area contributed by atoms with E-state index < -0.39 is 22.8 Å². The van der Waals surface area contributed by atoms with Gasteiger partial charge in [-0.2, -0.15) is 0 Å². The Morgan fingerprint density at radius 1 is 1.23 bits per heavy atom. The second-order valence-electron chi connectivity index (χ2n) is 7.22. The highest BCUT2D eigenvalue weighted by Crippen LogP contribution is 2.32. The van der Waals surface area contributed by atoms with Crippen molar-refractivity contribution in [3.63, 3.8) is 0 Å². The van der Waals surface area contributed by atoms with E-state index in [4.69, 9.17) is 9.47 Å². The molecule has 9 nitrogen and oxygen atoms in total. The molecule has 31 heavy (non-hydrogen) atoms. The van der Waals surface area contributed by atoms with Crippen LogP contribution in [0.25, 0.3) is 0 Å². The van der Waals surface area contributed by atoms with Gasteiger partial charge in [-0.15, -0.1) is 0 Å². The van der Waals surface area contributed by atoms with Gasteiger partial charge in [0.15, 0.2) is 0 Å². The number of hydrogen-bond donors (Lipinski definition) is 2. The number of esters is 1. The summed E-state index contributed by atoms with van der Waals surface area (Å²) in [6.07, 6.45) is 1.85. The van der Waals surface area contributed by atoms with E-state index in [1.807, 2.05) is 0 Å². The van der Waals surface area contributed by atoms with Gasteiger partial charge in [0.25, 0.3) is 11.6 Å². The Morgan fingerprint density at radius 3 is 2.65 bits per heavy atom. The fraction of sp³-hybridized carbons (Fsp3) is 0.364. The number of nitrogens with one attached hydrogen (secondary N) is 2. The number of nitrogens with zero attached hydrogens (tertiary/aromatic N) is 1. The molecule has 0 aliphatic heterocycles. The highest BCUT2D eigenvalue weighted by atomic mass is 16.6. The first kappa shape index (κ1) is 22.1. The lowest BCUT2D eigenvalue weighted by Gasteiger charge is -2.19. The van der Waals surface area contributed by atoms with E-state index in [0.717, 1.165) is 12.8 Å². The van der Waals surface area contributed by atoms with Gasteiger partial charge >= 0.3 is 5.97 Å². The molecule has 1 aliphatic carbocycles. The van der Waals surface area contributed by atoms with Crippen LogP contribution < -0.4 is 15.4 Å². The lowest BCUT2D eigenvalue weighted by Crippen LogP contribution is -2.30. The number of carbonyl (C=O) groups is 2. The molecule has 0 aromatic heterocycles. The molecule has 3 rings (SSSR count). The third-order valence-electron chi connectivity index (χ3n) is 4.87. The van der Waals surface area contributed by atoms with Gasteiger partial charge < -0.3 is 20.1 Å². The quantitative estimate of drug-likeness (QED) is 0.338. The number of carbonyl (C=O) groups excluding carboxylic acids is 2. The maximum Gasteiger partial charge on any atom is 0.308 e. The van der Waals surface area contributed by atoms with Crippen LogP contribution in [0, 0.1) is 10.1 Å². The summed E-state index contributed by atoms with van der Waals surface area (Å²) in [5, 5.41) is 17.4. The molecule has 0 spiro atoms. The fourth-order valence-electron chi connectivity index (χ4n) is 3.13. The topological polar surface area (TPSA) is 120 Å². The van der Waals surface area contributed by atoms with Crippen molar-refractivity contribution in [1.29, 1.82) is 0 Å². The molecule has 1 aliphatic rings. The summed E-state index contributed by atoms with van der Waals surface area (Å²) in [5.41, 5.74) is 1.01. The third-order valence-corrected chi connectivity index (χ3v) is 4.87. The molecule has 2 aromatic carbocycles. The molecule has 0 saturated heterocycles. The Labute approximate surface area is 179 Å². The first-order valence-electron chi connectivity index (χ1n) is 10.1. The van der Waals surface area contributed by atoms with Crippen LogP contribution >= 0.6 is 0 Å². The van der Waals surface area contributed by atoms with Gasteiger partial charge in [-0.3, -0.25) is 19.7 Å². The molecule has 1 amide bonds. The second kappa shape index (κ2) is 9.92. The van der Waals surface area contributed by atoms with E-state index in [2.05, 4.69) is 10.6 Å². The first-order chi connectivity index (χ1) is 14.9. The predicted octanol–water partition coefficient (Wildman–Crippen LogP) is 3.60. The van der Waals surface area contributed by atoms with Crippen LogP contribution in [-0.4, -0.2) is 36.6 Å². The number of methoxy groups -OCH3 is 1. The molecule has 0 radical (unpaired) electrons. The van der Waals surface area contributed by atoms with Gasteiger partial charge in [0.1, 0.15) is 11.4 Å². The summed E-state index contributed by atoms with van der Waals surface area (Å²) >= 11 is 0. The minimum Gasteiger partial charge on any atom is -0.497 e. The van der Waals surface area contributed by atoms with Crippen LogP contribution in [0.15, 0.2) is 42.5 Å². The molecule has 1 fully saturated rings. The minimum absolute atomic E-state index is 0.0871. The largest absolute Gasteiger partial charge is 0.497 e. The SMILES string of the molecule is CCOC(=O)CC(NC(=O)c1ccc(NC2CC2)c([N+](=O)[O-])c1)c1cccc(OC)c1. The smallest absolute Gasteiger partial charge is 0.308 e. The third kappa shape index (κ3) is 5.94. The summed E-state index contributed by atoms with van der Waals surface area (Å²) in [5.74, 6) is -0.421. The molecular weight excluding hydrogens is 402 g/mol. The molecule has 1 atom stereocenters. The maximum atomic E-state index is 12.9. The zero-order valence-corrected chi connectivity index (χ0v) is 17.4. The van der Waals surface area contributed by atoms with Gasteiger partial charge in [-0.1, -0.05) is 12.1 Å². The maximum absolute atomic E-state index is 12.9. The number of nitro benzene ring substituents is 1. The molecule has 0 heterocycles. The van der Waals surface area contributed by atoms with Crippen molar-refractivity contribution in [2.45, 2.75) is 38.3 Å². The molecule has 164 valence electrons. The summed E-state index contributed by atoms with van der Waals surface area (Å²) in [6.45, 7) is 1.92. The van der Waals surface area contributed by atoms with Crippen molar-refractivity contribution >= 4 is 23.3 Å². The number of benzene rings is 2. The van der Waals surface area contributed by atoms with Gasteiger partial charge in [0.05, 0.1) is 31.1 Å². The summed E-state index contributed by atoms with van der Waals surface area (Å²) in [7, 11) is 1.52. The van der Waals surface area contributed by atoms with Crippen molar-refractivity contribution in [1.82, 2.24) is 5.32 Å². The number of ether oxygens (including phenoxy) is 2. The van der Waals surface area contributed by atoms with E-state index >= 15 is 0 Å². The van der Waals surface area contributed by atoms with Crippen LogP contribution in [0.3, 0.4) is 0 Å². The monoisotopic (exact) mass is 427 g/mol. The zero-order chi connectivity index (χ0) is 22.4. The van der Waals surface area contributed by atoms with Crippen LogP contribution in [0.2, 0.25) is 0 Å². The number of anilines is 1. The number of rotatable bonds is 10. The van der Waals surface area contributed by atoms with Gasteiger partial charge in [-0.05, 0) is 49.6 Å². The van der Waals surface area contributed by atoms with E-state index in [-0.39, 0.29) is 30.3 Å². The highest BCUT2D eigenvalue weighted by molar-refractivity contribution is 5.96. The number of nitro groups is 1. The van der Waals surface area contributed by atoms with Crippen molar-refractivity contribution < 1.29 is 24.0 Å². The van der Waals surface area contributed by atoms with Gasteiger partial charge in [-0.25, -0.2) is 0 Å². The zero-order valence-electron chi connectivity index (χ0n) is 17.4. The van der Waals surface area contributed by atoms with Crippen molar-refractivity contribution in [3.05, 3.63) is 63.7 Å². The Balaban J connectivity index is 1.84. The Bertz CT molecular complexity index is 973. The Hall–Kier alpha value is -3.62. The summed E-state index contributed by atoms with van der Waals surface area (Å²) in [4.78, 5) is 36.0. The van der Waals surface area contributed by atoms with Crippen molar-refractivity contribution in [2.24, 2.45) is 0 Å². The van der Waals surface area contributed by atoms with Crippen molar-refractivity contribution in [3.8, 4) is 5.75 Å². The number of amides is 1. The van der Waals surface area contributed by atoms with E-state index in [1.54, 1.807) is 31.2 Å². The van der Waals surface area contributed by atoms with E-state index in [9.17, 15) is 19.7 Å². The molecule has 2 aromatic rings. The molecule has 1 unspecified atom stereocenters. The normalized spacial score (nSPS) is 13.7. The Kier molecular flexibility index (Phi) is 7.07. The highest BCUT2D eigenvalue weighted by Gasteiger charge is 2.26. The molecule has 2 N–H and O–H groups in total. The van der Waals surface area contributed by atoms with Gasteiger partial charge in [0.2, 0.25) is 0 Å². The van der Waals surface area contributed by atoms with E-state index in [1.165, 1.54) is 25.3 Å². The summed E-state index contributed by atoms with van der Waals surface area (Å²) in [6, 6.07) is 10.8. The predicted molar refractivity (Wildman–Crippen MR) is 114 cm³/mol. The second-order valence-corrected chi connectivity index (χ2v) is 7.22. The van der Waals surface area contributed by atoms with E-state index in [0.29, 0.717) is 17.0 Å². The van der Waals surface area contributed by atoms with Crippen LogP contribution in [0.1, 0.15) is 48.1 Å². The summed E-state index contributed by atoms with van der Waals surface area (Å²) < 4.78 is 10.3. The average Bonchev–Trinajstić information content (AvgIpc) is 3.57. The molecule has 0 bridgehead atoms. The fourth-order valence-corrected chi connectivity index (χ4v) is 3.13.